The molecule has 0 saturated carbocycles. The number of alkyl halides is 2. The predicted molar refractivity (Wildman–Crippen MR) is 137 cm³/mol. The first-order valence-electron chi connectivity index (χ1n) is 12.2. The molecule has 0 aliphatic carbocycles. The number of anilines is 2. The van der Waals surface area contributed by atoms with Gasteiger partial charge in [-0.1, -0.05) is 18.2 Å². The Morgan fingerprint density at radius 1 is 1.03 bits per heavy atom. The maximum absolute atomic E-state index is 14.1. The Bertz CT molecular complexity index is 1440. The highest BCUT2D eigenvalue weighted by molar-refractivity contribution is 5.77. The van der Waals surface area contributed by atoms with Crippen molar-refractivity contribution >= 4 is 22.9 Å². The van der Waals surface area contributed by atoms with E-state index < -0.39 is 23.6 Å². The van der Waals surface area contributed by atoms with Crippen LogP contribution >= 0.6 is 0 Å². The lowest BCUT2D eigenvalue weighted by Crippen LogP contribution is -2.38. The van der Waals surface area contributed by atoms with Gasteiger partial charge in [-0.2, -0.15) is 15.0 Å². The van der Waals surface area contributed by atoms with E-state index in [0.717, 1.165) is 5.56 Å². The molecule has 1 fully saturated rings. The number of imidazole rings is 1. The summed E-state index contributed by atoms with van der Waals surface area (Å²) < 4.78 is 53.9. The number of hydrogen-bond donors (Lipinski definition) is 1. The number of fused-ring (bicyclic) bond motifs is 1. The number of para-hydroxylation sites is 2. The van der Waals surface area contributed by atoms with Gasteiger partial charge in [0.2, 0.25) is 17.8 Å². The Hall–Kier alpha value is -3.93. The van der Waals surface area contributed by atoms with Crippen LogP contribution in [0.15, 0.2) is 42.5 Å². The van der Waals surface area contributed by atoms with Gasteiger partial charge in [-0.3, -0.25) is 4.57 Å². The van der Waals surface area contributed by atoms with Crippen molar-refractivity contribution in [3.8, 4) is 11.7 Å². The molecular weight excluding hydrogens is 499 g/mol. The van der Waals surface area contributed by atoms with E-state index in [4.69, 9.17) is 9.47 Å². The van der Waals surface area contributed by atoms with E-state index in [1.807, 2.05) is 18.7 Å². The Morgan fingerprint density at radius 3 is 2.50 bits per heavy atom. The minimum atomic E-state index is -2.84. The molecule has 4 aromatic rings. The van der Waals surface area contributed by atoms with Gasteiger partial charge < -0.3 is 19.7 Å². The zero-order valence-corrected chi connectivity index (χ0v) is 21.3. The van der Waals surface area contributed by atoms with Gasteiger partial charge in [0.15, 0.2) is 17.4 Å². The van der Waals surface area contributed by atoms with E-state index in [2.05, 4.69) is 25.3 Å². The van der Waals surface area contributed by atoms with Crippen LogP contribution in [0, 0.1) is 5.82 Å². The molecule has 1 aliphatic rings. The van der Waals surface area contributed by atoms with Crippen LogP contribution in [-0.4, -0.2) is 63.5 Å². The number of aromatic nitrogens is 5. The van der Waals surface area contributed by atoms with Crippen LogP contribution in [0.2, 0.25) is 0 Å². The molecule has 0 bridgehead atoms. The van der Waals surface area contributed by atoms with E-state index >= 15 is 0 Å². The Labute approximate surface area is 217 Å². The van der Waals surface area contributed by atoms with E-state index in [1.165, 1.54) is 17.7 Å². The van der Waals surface area contributed by atoms with Crippen LogP contribution in [0.25, 0.3) is 17.0 Å². The van der Waals surface area contributed by atoms with Gasteiger partial charge in [-0.15, -0.1) is 0 Å². The summed E-state index contributed by atoms with van der Waals surface area (Å²) in [5.74, 6) is -0.142. The van der Waals surface area contributed by atoms with E-state index in [-0.39, 0.29) is 17.6 Å². The molecule has 0 amide bonds. The highest BCUT2D eigenvalue weighted by Crippen LogP contribution is 2.29. The predicted octanol–water partition coefficient (Wildman–Crippen LogP) is 4.57. The molecule has 3 heterocycles. The SMILES string of the molecule is COc1cc(CC(C)(C)Nc2nc(N3CCOCC3)nc(-n3c(C(F)F)nc4ccccc43)n2)ccc1F. The first kappa shape index (κ1) is 25.7. The standard InChI is InChI=1S/C26H28F3N7O2/c1-26(2,15-16-8-9-17(27)20(14-16)37-3)34-23-31-24(35-10-12-38-13-11-35)33-25(32-23)36-19-7-5-4-6-18(19)30-22(36)21(28)29/h4-9,14,21H,10-13,15H2,1-3H3,(H,31,32,33,34). The van der Waals surface area contributed by atoms with Gasteiger partial charge >= 0.3 is 0 Å². The number of methoxy groups -OCH3 is 1. The first-order chi connectivity index (χ1) is 18.2. The third kappa shape index (κ3) is 5.35. The minimum absolute atomic E-state index is 0.0345. The third-order valence-corrected chi connectivity index (χ3v) is 6.20. The van der Waals surface area contributed by atoms with Gasteiger partial charge in [-0.05, 0) is 50.1 Å². The average Bonchev–Trinajstić information content (AvgIpc) is 3.30. The molecule has 2 aromatic carbocycles. The number of hydrogen-bond acceptors (Lipinski definition) is 8. The highest BCUT2D eigenvalue weighted by atomic mass is 19.3. The van der Waals surface area contributed by atoms with Crippen molar-refractivity contribution in [3.05, 3.63) is 59.7 Å². The number of nitrogens with zero attached hydrogens (tertiary/aromatic N) is 6. The monoisotopic (exact) mass is 527 g/mol. The van der Waals surface area contributed by atoms with E-state index in [0.29, 0.717) is 49.7 Å². The van der Waals surface area contributed by atoms with Crippen LogP contribution in [0.1, 0.15) is 31.7 Å². The Kier molecular flexibility index (Phi) is 7.06. The molecule has 9 nitrogen and oxygen atoms in total. The zero-order valence-electron chi connectivity index (χ0n) is 21.3. The van der Waals surface area contributed by atoms with Crippen LogP contribution in [0.3, 0.4) is 0 Å². The van der Waals surface area contributed by atoms with E-state index in [1.54, 1.807) is 36.4 Å². The zero-order chi connectivity index (χ0) is 26.9. The van der Waals surface area contributed by atoms with Crippen LogP contribution in [0.5, 0.6) is 5.75 Å². The van der Waals surface area contributed by atoms with Gasteiger partial charge in [0.25, 0.3) is 6.43 Å². The number of benzene rings is 2. The van der Waals surface area contributed by atoms with Crippen molar-refractivity contribution in [2.75, 3.05) is 43.6 Å². The second-order valence-corrected chi connectivity index (χ2v) is 9.61. The molecule has 1 N–H and O–H groups in total. The van der Waals surface area contributed by atoms with Crippen molar-refractivity contribution in [2.24, 2.45) is 0 Å². The van der Waals surface area contributed by atoms with Crippen molar-refractivity contribution in [1.29, 1.82) is 0 Å². The molecule has 1 aliphatic heterocycles. The van der Waals surface area contributed by atoms with Crippen LogP contribution in [-0.2, 0) is 11.2 Å². The summed E-state index contributed by atoms with van der Waals surface area (Å²) in [6.45, 7) is 5.98. The van der Waals surface area contributed by atoms with Crippen molar-refractivity contribution in [1.82, 2.24) is 24.5 Å². The van der Waals surface area contributed by atoms with Gasteiger partial charge in [0.05, 0.1) is 31.4 Å². The molecule has 200 valence electrons. The quantitative estimate of drug-likeness (QED) is 0.357. The van der Waals surface area contributed by atoms with Crippen molar-refractivity contribution in [3.63, 3.8) is 0 Å². The molecule has 0 spiro atoms. The molecule has 2 aromatic heterocycles. The fourth-order valence-electron chi connectivity index (χ4n) is 4.49. The first-order valence-corrected chi connectivity index (χ1v) is 12.2. The van der Waals surface area contributed by atoms with E-state index in [9.17, 15) is 13.2 Å². The number of rotatable bonds is 8. The smallest absolute Gasteiger partial charge is 0.296 e. The number of morpholine rings is 1. The lowest BCUT2D eigenvalue weighted by atomic mass is 9.95. The molecule has 0 atom stereocenters. The molecule has 0 radical (unpaired) electrons. The summed E-state index contributed by atoms with van der Waals surface area (Å²) >= 11 is 0. The summed E-state index contributed by atoms with van der Waals surface area (Å²) in [5.41, 5.74) is 1.11. The van der Waals surface area contributed by atoms with Gasteiger partial charge in [0, 0.05) is 18.6 Å². The van der Waals surface area contributed by atoms with Crippen LogP contribution in [0.4, 0.5) is 25.1 Å². The molecule has 1 saturated heterocycles. The summed E-state index contributed by atoms with van der Waals surface area (Å²) in [5, 5.41) is 3.32. The summed E-state index contributed by atoms with van der Waals surface area (Å²) in [4.78, 5) is 19.8. The molecular formula is C26H28F3N7O2. The number of ether oxygens (including phenoxy) is 2. The Balaban J connectivity index is 1.56. The topological polar surface area (TPSA) is 90.2 Å². The normalized spacial score (nSPS) is 14.3. The molecule has 0 unspecified atom stereocenters. The maximum Gasteiger partial charge on any atom is 0.296 e. The van der Waals surface area contributed by atoms with Crippen molar-refractivity contribution in [2.45, 2.75) is 32.2 Å². The van der Waals surface area contributed by atoms with Gasteiger partial charge in [0.1, 0.15) is 0 Å². The van der Waals surface area contributed by atoms with Gasteiger partial charge in [-0.25, -0.2) is 18.2 Å². The lowest BCUT2D eigenvalue weighted by Gasteiger charge is -2.29. The fraction of sp³-hybridized carbons (Fsp3) is 0.385. The highest BCUT2D eigenvalue weighted by Gasteiger charge is 2.26. The number of halogens is 3. The largest absolute Gasteiger partial charge is 0.494 e. The molecule has 12 heteroatoms. The third-order valence-electron chi connectivity index (χ3n) is 6.20. The maximum atomic E-state index is 14.1. The average molecular weight is 528 g/mol. The minimum Gasteiger partial charge on any atom is -0.494 e. The molecule has 38 heavy (non-hydrogen) atoms. The lowest BCUT2D eigenvalue weighted by molar-refractivity contribution is 0.122. The molecule has 5 rings (SSSR count). The second kappa shape index (κ2) is 10.4. The summed E-state index contributed by atoms with van der Waals surface area (Å²) in [7, 11) is 1.42. The summed E-state index contributed by atoms with van der Waals surface area (Å²) in [6.07, 6.45) is -2.36. The summed E-state index contributed by atoms with van der Waals surface area (Å²) in [6, 6.07) is 11.5. The number of nitrogens with one attached hydrogen (secondary N) is 1. The van der Waals surface area contributed by atoms with Crippen molar-refractivity contribution < 1.29 is 22.6 Å². The van der Waals surface area contributed by atoms with Crippen LogP contribution < -0.4 is 15.0 Å². The Morgan fingerprint density at radius 2 is 1.76 bits per heavy atom. The second-order valence-electron chi connectivity index (χ2n) is 9.61. The fourth-order valence-corrected chi connectivity index (χ4v) is 4.49.